The van der Waals surface area contributed by atoms with Crippen molar-refractivity contribution >= 4 is 28.8 Å². The highest BCUT2D eigenvalue weighted by molar-refractivity contribution is 7.10. The number of methoxy groups -OCH3 is 1. The van der Waals surface area contributed by atoms with Gasteiger partial charge in [-0.2, -0.15) is 0 Å². The number of hydrogen-bond donors (Lipinski definition) is 1. The minimum absolute atomic E-state index is 0.118. The van der Waals surface area contributed by atoms with Crippen LogP contribution in [0.3, 0.4) is 0 Å². The lowest BCUT2D eigenvalue weighted by Crippen LogP contribution is -2.35. The molecule has 1 atom stereocenters. The maximum atomic E-state index is 13.1. The molecular weight excluding hydrogens is 400 g/mol. The van der Waals surface area contributed by atoms with Gasteiger partial charge in [0.15, 0.2) is 0 Å². The van der Waals surface area contributed by atoms with Gasteiger partial charge >= 0.3 is 0 Å². The maximum Gasteiger partial charge on any atom is 0.295 e. The molecule has 7 heteroatoms. The summed E-state index contributed by atoms with van der Waals surface area (Å²) in [4.78, 5) is 30.5. The van der Waals surface area contributed by atoms with Crippen LogP contribution < -0.4 is 4.74 Å². The topological polar surface area (TPSA) is 70.1 Å². The lowest BCUT2D eigenvalue weighted by Gasteiger charge is -2.26. The number of ketones is 1. The van der Waals surface area contributed by atoms with Crippen molar-refractivity contribution in [3.8, 4) is 5.75 Å². The Bertz CT molecular complexity index is 1020. The summed E-state index contributed by atoms with van der Waals surface area (Å²) in [6.45, 7) is 6.76. The number of carbonyl (C=O) groups is 2. The Hall–Kier alpha value is -2.64. The third-order valence-corrected chi connectivity index (χ3v) is 6.43. The standard InChI is InChI=1S/C23H28N2O4S/c1-13-11-15(3)21(29-6)16(12-13)19(26)17-18(22-14(2)7-10-30-22)25(9-8-24(4)5)23(28)20(17)27/h7,10-12,18,26H,8-9H2,1-6H3/b19-17+. The van der Waals surface area contributed by atoms with Gasteiger partial charge in [-0.3, -0.25) is 9.59 Å². The van der Waals surface area contributed by atoms with Crippen molar-refractivity contribution in [1.29, 1.82) is 0 Å². The summed E-state index contributed by atoms with van der Waals surface area (Å²) in [5.74, 6) is -0.939. The first-order valence-electron chi connectivity index (χ1n) is 9.80. The first-order valence-corrected chi connectivity index (χ1v) is 10.7. The monoisotopic (exact) mass is 428 g/mol. The van der Waals surface area contributed by atoms with E-state index >= 15 is 0 Å². The number of ether oxygens (including phenoxy) is 1. The Morgan fingerprint density at radius 3 is 2.47 bits per heavy atom. The Balaban J connectivity index is 2.24. The summed E-state index contributed by atoms with van der Waals surface area (Å²) in [5.41, 5.74) is 3.32. The molecular formula is C23H28N2O4S. The van der Waals surface area contributed by atoms with Crippen LogP contribution >= 0.6 is 11.3 Å². The van der Waals surface area contributed by atoms with Gasteiger partial charge in [0.1, 0.15) is 11.5 Å². The van der Waals surface area contributed by atoms with E-state index in [-0.39, 0.29) is 11.3 Å². The van der Waals surface area contributed by atoms with Crippen LogP contribution in [-0.2, 0) is 9.59 Å². The van der Waals surface area contributed by atoms with Gasteiger partial charge in [-0.05, 0) is 69.1 Å². The Kier molecular flexibility index (Phi) is 6.33. The fraction of sp³-hybridized carbons (Fsp3) is 0.391. The van der Waals surface area contributed by atoms with E-state index in [9.17, 15) is 14.7 Å². The van der Waals surface area contributed by atoms with Crippen LogP contribution in [0.15, 0.2) is 29.2 Å². The largest absolute Gasteiger partial charge is 0.507 e. The van der Waals surface area contributed by atoms with Crippen LogP contribution in [0.1, 0.15) is 33.2 Å². The molecule has 0 saturated carbocycles. The number of amides is 1. The van der Waals surface area contributed by atoms with Crippen molar-refractivity contribution in [2.45, 2.75) is 26.8 Å². The van der Waals surface area contributed by atoms with Crippen molar-refractivity contribution in [2.75, 3.05) is 34.3 Å². The summed E-state index contributed by atoms with van der Waals surface area (Å²) in [6.07, 6.45) is 0. The van der Waals surface area contributed by atoms with Gasteiger partial charge in [0.05, 0.1) is 24.3 Å². The molecule has 1 aromatic heterocycles. The summed E-state index contributed by atoms with van der Waals surface area (Å²) in [7, 11) is 5.37. The molecule has 2 heterocycles. The highest BCUT2D eigenvalue weighted by Gasteiger charge is 2.47. The summed E-state index contributed by atoms with van der Waals surface area (Å²) >= 11 is 1.49. The zero-order valence-corrected chi connectivity index (χ0v) is 19.1. The predicted octanol–water partition coefficient (Wildman–Crippen LogP) is 3.67. The van der Waals surface area contributed by atoms with Crippen LogP contribution in [-0.4, -0.2) is 60.9 Å². The van der Waals surface area contributed by atoms with E-state index in [0.717, 1.165) is 21.6 Å². The molecule has 6 nitrogen and oxygen atoms in total. The van der Waals surface area contributed by atoms with E-state index in [1.54, 1.807) is 11.0 Å². The van der Waals surface area contributed by atoms with Gasteiger partial charge in [-0.15, -0.1) is 11.3 Å². The Morgan fingerprint density at radius 2 is 1.90 bits per heavy atom. The molecule has 1 fully saturated rings. The minimum Gasteiger partial charge on any atom is -0.507 e. The molecule has 0 spiro atoms. The van der Waals surface area contributed by atoms with Crippen LogP contribution in [0.5, 0.6) is 5.75 Å². The van der Waals surface area contributed by atoms with E-state index in [1.807, 2.05) is 57.3 Å². The predicted molar refractivity (Wildman–Crippen MR) is 119 cm³/mol. The first-order chi connectivity index (χ1) is 14.2. The van der Waals surface area contributed by atoms with Gasteiger partial charge in [0, 0.05) is 18.0 Å². The summed E-state index contributed by atoms with van der Waals surface area (Å²) < 4.78 is 5.52. The third-order valence-electron chi connectivity index (χ3n) is 5.36. The fourth-order valence-electron chi connectivity index (χ4n) is 3.90. The molecule has 0 aliphatic carbocycles. The maximum absolute atomic E-state index is 13.1. The van der Waals surface area contributed by atoms with E-state index in [1.165, 1.54) is 18.4 Å². The number of aliphatic hydroxyl groups is 1. The van der Waals surface area contributed by atoms with Crippen molar-refractivity contribution < 1.29 is 19.4 Å². The molecule has 30 heavy (non-hydrogen) atoms. The van der Waals surface area contributed by atoms with E-state index in [4.69, 9.17) is 4.74 Å². The molecule has 1 aromatic carbocycles. The van der Waals surface area contributed by atoms with Crippen LogP contribution in [0.4, 0.5) is 0 Å². The van der Waals surface area contributed by atoms with Crippen molar-refractivity contribution in [2.24, 2.45) is 0 Å². The summed E-state index contributed by atoms with van der Waals surface area (Å²) in [5, 5.41) is 13.3. The smallest absolute Gasteiger partial charge is 0.295 e. The third kappa shape index (κ3) is 3.87. The number of carbonyl (C=O) groups excluding carboxylic acids is 2. The molecule has 1 N–H and O–H groups in total. The second kappa shape index (κ2) is 8.62. The SMILES string of the molecule is COc1c(C)cc(C)cc1/C(O)=C1\C(=O)C(=O)N(CCN(C)C)C1c1sccc1C. The zero-order valence-electron chi connectivity index (χ0n) is 18.3. The van der Waals surface area contributed by atoms with Crippen molar-refractivity contribution in [3.05, 3.63) is 56.3 Å². The minimum atomic E-state index is -0.662. The van der Waals surface area contributed by atoms with E-state index in [0.29, 0.717) is 24.4 Å². The van der Waals surface area contributed by atoms with Crippen LogP contribution in [0.25, 0.3) is 5.76 Å². The highest BCUT2D eigenvalue weighted by Crippen LogP contribution is 2.44. The molecule has 1 aliphatic rings. The second-order valence-corrected chi connectivity index (χ2v) is 8.87. The molecule has 1 saturated heterocycles. The van der Waals surface area contributed by atoms with Gasteiger partial charge < -0.3 is 19.6 Å². The number of benzene rings is 1. The van der Waals surface area contributed by atoms with Crippen molar-refractivity contribution in [3.63, 3.8) is 0 Å². The van der Waals surface area contributed by atoms with Gasteiger partial charge in [-0.1, -0.05) is 6.07 Å². The first kappa shape index (κ1) is 22.1. The number of thiophene rings is 1. The average Bonchev–Trinajstić information content (AvgIpc) is 3.20. The normalized spacial score (nSPS) is 18.5. The van der Waals surface area contributed by atoms with Gasteiger partial charge in [-0.25, -0.2) is 0 Å². The Labute approximate surface area is 181 Å². The Morgan fingerprint density at radius 1 is 1.20 bits per heavy atom. The number of rotatable bonds is 6. The quantitative estimate of drug-likeness (QED) is 0.432. The van der Waals surface area contributed by atoms with Crippen LogP contribution in [0, 0.1) is 20.8 Å². The molecule has 160 valence electrons. The van der Waals surface area contributed by atoms with Gasteiger partial charge in [0.25, 0.3) is 11.7 Å². The zero-order chi connectivity index (χ0) is 22.2. The lowest BCUT2D eigenvalue weighted by molar-refractivity contribution is -0.140. The highest BCUT2D eigenvalue weighted by atomic mass is 32.1. The summed E-state index contributed by atoms with van der Waals surface area (Å²) in [6, 6.07) is 5.08. The van der Waals surface area contributed by atoms with E-state index in [2.05, 4.69) is 0 Å². The number of aliphatic hydroxyl groups excluding tert-OH is 1. The number of hydrogen-bond acceptors (Lipinski definition) is 6. The number of likely N-dealkylation sites (N-methyl/N-ethyl adjacent to an activating group) is 1. The molecule has 0 bridgehead atoms. The lowest BCUT2D eigenvalue weighted by atomic mass is 9.96. The number of likely N-dealkylation sites (tertiary alicyclic amines) is 1. The average molecular weight is 429 g/mol. The second-order valence-electron chi connectivity index (χ2n) is 7.93. The van der Waals surface area contributed by atoms with E-state index < -0.39 is 17.7 Å². The van der Waals surface area contributed by atoms with Crippen molar-refractivity contribution in [1.82, 2.24) is 9.80 Å². The molecule has 1 amide bonds. The number of aryl methyl sites for hydroxylation is 3. The van der Waals surface area contributed by atoms with Crippen LogP contribution in [0.2, 0.25) is 0 Å². The molecule has 1 unspecified atom stereocenters. The number of nitrogens with zero attached hydrogens (tertiary/aromatic N) is 2. The van der Waals surface area contributed by atoms with Gasteiger partial charge in [0.2, 0.25) is 0 Å². The fourth-order valence-corrected chi connectivity index (χ4v) is 4.95. The molecule has 2 aromatic rings. The number of Topliss-reactive ketones (excluding diaryl/α,β-unsaturated/α-hetero) is 1. The molecule has 1 aliphatic heterocycles. The molecule has 0 radical (unpaired) electrons. The molecule has 3 rings (SSSR count).